The van der Waals surface area contributed by atoms with Gasteiger partial charge in [-0.1, -0.05) is 0 Å². The van der Waals surface area contributed by atoms with Gasteiger partial charge in [-0.2, -0.15) is 0 Å². The Bertz CT molecular complexity index is 256. The number of nitrogens with zero attached hydrogens (tertiary/aromatic N) is 1. The van der Waals surface area contributed by atoms with Crippen LogP contribution < -0.4 is 5.32 Å². The molecule has 14 heavy (non-hydrogen) atoms. The maximum Gasteiger partial charge on any atom is 0.148 e. The Balaban J connectivity index is 2.14. The lowest BCUT2D eigenvalue weighted by atomic mass is 10.1. The zero-order valence-corrected chi connectivity index (χ0v) is 9.81. The lowest BCUT2D eigenvalue weighted by molar-refractivity contribution is 0.236. The van der Waals surface area contributed by atoms with Gasteiger partial charge in [-0.05, 0) is 33.0 Å². The summed E-state index contributed by atoms with van der Waals surface area (Å²) in [7, 11) is -0.691. The second-order valence-corrected chi connectivity index (χ2v) is 6.42. The van der Waals surface area contributed by atoms with Gasteiger partial charge in [0.25, 0.3) is 0 Å². The average molecular weight is 220 g/mol. The van der Waals surface area contributed by atoms with E-state index in [2.05, 4.69) is 17.3 Å². The van der Waals surface area contributed by atoms with Gasteiger partial charge in [-0.25, -0.2) is 8.42 Å². The molecule has 1 fully saturated rings. The molecular weight excluding hydrogens is 200 g/mol. The summed E-state index contributed by atoms with van der Waals surface area (Å²) in [6, 6.07) is 0.507. The highest BCUT2D eigenvalue weighted by Gasteiger charge is 2.15. The topological polar surface area (TPSA) is 49.4 Å². The third-order valence-electron chi connectivity index (χ3n) is 2.62. The van der Waals surface area contributed by atoms with Crippen molar-refractivity contribution in [2.24, 2.45) is 0 Å². The first-order valence-corrected chi connectivity index (χ1v) is 7.13. The number of hydrogen-bond acceptors (Lipinski definition) is 4. The van der Waals surface area contributed by atoms with Crippen LogP contribution in [0.25, 0.3) is 0 Å². The van der Waals surface area contributed by atoms with Crippen LogP contribution in [0.1, 0.15) is 12.8 Å². The number of nitrogens with one attached hydrogen (secondary N) is 1. The lowest BCUT2D eigenvalue weighted by Gasteiger charge is -2.29. The van der Waals surface area contributed by atoms with E-state index >= 15 is 0 Å². The molecule has 1 aliphatic heterocycles. The van der Waals surface area contributed by atoms with Gasteiger partial charge < -0.3 is 10.2 Å². The summed E-state index contributed by atoms with van der Waals surface area (Å²) in [6.45, 7) is 2.81. The van der Waals surface area contributed by atoms with Crippen LogP contribution in [-0.2, 0) is 9.84 Å². The van der Waals surface area contributed by atoms with Crippen molar-refractivity contribution in [3.8, 4) is 0 Å². The lowest BCUT2D eigenvalue weighted by Crippen LogP contribution is -2.42. The van der Waals surface area contributed by atoms with E-state index in [4.69, 9.17) is 0 Å². The van der Waals surface area contributed by atoms with Crippen molar-refractivity contribution in [2.45, 2.75) is 18.9 Å². The second-order valence-electron chi connectivity index (χ2n) is 4.16. The number of hydrogen-bond donors (Lipinski definition) is 1. The molecule has 84 valence electrons. The zero-order chi connectivity index (χ0) is 10.6. The molecule has 1 N–H and O–H groups in total. The van der Waals surface area contributed by atoms with E-state index in [1.54, 1.807) is 0 Å². The summed E-state index contributed by atoms with van der Waals surface area (Å²) in [4.78, 5) is 2.30. The summed E-state index contributed by atoms with van der Waals surface area (Å²) in [5.74, 6) is 0.249. The predicted octanol–water partition coefficient (Wildman–Crippen LogP) is -0.285. The van der Waals surface area contributed by atoms with Crippen LogP contribution >= 0.6 is 0 Å². The van der Waals surface area contributed by atoms with Crippen LogP contribution in [0, 0.1) is 0 Å². The van der Waals surface area contributed by atoms with Crippen LogP contribution in [0.2, 0.25) is 0 Å². The molecule has 0 amide bonds. The second kappa shape index (κ2) is 5.09. The van der Waals surface area contributed by atoms with Gasteiger partial charge in [0.15, 0.2) is 0 Å². The minimum absolute atomic E-state index is 0.249. The molecular formula is C9H20N2O2S. The standard InChI is InChI=1S/C9H20N2O2S/c1-11-6-3-9(4-7-11)10-5-8-14(2,12)13/h9-10H,3-8H2,1-2H3. The van der Waals surface area contributed by atoms with Gasteiger partial charge in [0.2, 0.25) is 0 Å². The highest BCUT2D eigenvalue weighted by Crippen LogP contribution is 2.07. The van der Waals surface area contributed by atoms with E-state index in [0.29, 0.717) is 12.6 Å². The SMILES string of the molecule is CN1CCC(NCCS(C)(=O)=O)CC1. The summed E-state index contributed by atoms with van der Waals surface area (Å²) in [6.07, 6.45) is 3.53. The smallest absolute Gasteiger partial charge is 0.148 e. The molecule has 0 aliphatic carbocycles. The third-order valence-corrected chi connectivity index (χ3v) is 3.57. The molecule has 0 saturated carbocycles. The molecule has 0 aromatic carbocycles. The molecule has 5 heteroatoms. The van der Waals surface area contributed by atoms with Crippen LogP contribution in [-0.4, -0.2) is 58.1 Å². The van der Waals surface area contributed by atoms with Crippen molar-refractivity contribution >= 4 is 9.84 Å². The molecule has 1 saturated heterocycles. The molecule has 4 nitrogen and oxygen atoms in total. The normalized spacial score (nSPS) is 21.3. The maximum atomic E-state index is 10.9. The molecule has 0 aromatic rings. The molecule has 1 aliphatic rings. The zero-order valence-electron chi connectivity index (χ0n) is 8.99. The Morgan fingerprint density at radius 1 is 1.36 bits per heavy atom. The van der Waals surface area contributed by atoms with Gasteiger partial charge in [0.1, 0.15) is 9.84 Å². The highest BCUT2D eigenvalue weighted by atomic mass is 32.2. The van der Waals surface area contributed by atoms with E-state index in [0.717, 1.165) is 25.9 Å². The van der Waals surface area contributed by atoms with Crippen LogP contribution in [0.15, 0.2) is 0 Å². The molecule has 0 atom stereocenters. The van der Waals surface area contributed by atoms with Crippen LogP contribution in [0.4, 0.5) is 0 Å². The molecule has 0 bridgehead atoms. The van der Waals surface area contributed by atoms with Crippen molar-refractivity contribution in [3.63, 3.8) is 0 Å². The highest BCUT2D eigenvalue weighted by molar-refractivity contribution is 7.90. The summed E-state index contributed by atoms with van der Waals surface area (Å²) < 4.78 is 21.8. The number of likely N-dealkylation sites (tertiary alicyclic amines) is 1. The fourth-order valence-electron chi connectivity index (χ4n) is 1.66. The Kier molecular flexibility index (Phi) is 4.34. The quantitative estimate of drug-likeness (QED) is 0.707. The Labute approximate surface area is 86.6 Å². The van der Waals surface area contributed by atoms with E-state index in [-0.39, 0.29) is 5.75 Å². The van der Waals surface area contributed by atoms with Crippen molar-refractivity contribution in [1.29, 1.82) is 0 Å². The summed E-state index contributed by atoms with van der Waals surface area (Å²) >= 11 is 0. The van der Waals surface area contributed by atoms with E-state index in [1.165, 1.54) is 6.26 Å². The van der Waals surface area contributed by atoms with Gasteiger partial charge in [-0.3, -0.25) is 0 Å². The molecule has 0 spiro atoms. The van der Waals surface area contributed by atoms with Gasteiger partial charge in [0.05, 0.1) is 5.75 Å². The van der Waals surface area contributed by atoms with E-state index in [9.17, 15) is 8.42 Å². The van der Waals surface area contributed by atoms with Crippen molar-refractivity contribution in [1.82, 2.24) is 10.2 Å². The first-order valence-electron chi connectivity index (χ1n) is 5.07. The van der Waals surface area contributed by atoms with E-state index < -0.39 is 9.84 Å². The first-order chi connectivity index (χ1) is 6.47. The van der Waals surface area contributed by atoms with Gasteiger partial charge in [0, 0.05) is 18.8 Å². The molecule has 1 heterocycles. The number of piperidine rings is 1. The van der Waals surface area contributed by atoms with Crippen LogP contribution in [0.3, 0.4) is 0 Å². The predicted molar refractivity (Wildman–Crippen MR) is 58.2 cm³/mol. The Hall–Kier alpha value is -0.130. The Morgan fingerprint density at radius 3 is 2.43 bits per heavy atom. The third kappa shape index (κ3) is 4.93. The minimum Gasteiger partial charge on any atom is -0.313 e. The number of rotatable bonds is 4. The van der Waals surface area contributed by atoms with Crippen molar-refractivity contribution < 1.29 is 8.42 Å². The average Bonchev–Trinajstić information content (AvgIpc) is 2.06. The van der Waals surface area contributed by atoms with Gasteiger partial charge >= 0.3 is 0 Å². The Morgan fingerprint density at radius 2 is 1.93 bits per heavy atom. The minimum atomic E-state index is -2.81. The largest absolute Gasteiger partial charge is 0.313 e. The molecule has 0 aromatic heterocycles. The summed E-state index contributed by atoms with van der Waals surface area (Å²) in [5.41, 5.74) is 0. The van der Waals surface area contributed by atoms with Crippen molar-refractivity contribution in [2.75, 3.05) is 38.7 Å². The maximum absolute atomic E-state index is 10.9. The monoisotopic (exact) mass is 220 g/mol. The van der Waals surface area contributed by atoms with E-state index in [1.807, 2.05) is 0 Å². The van der Waals surface area contributed by atoms with Crippen molar-refractivity contribution in [3.05, 3.63) is 0 Å². The number of sulfone groups is 1. The fraction of sp³-hybridized carbons (Fsp3) is 1.00. The molecule has 0 unspecified atom stereocenters. The van der Waals surface area contributed by atoms with Gasteiger partial charge in [-0.15, -0.1) is 0 Å². The van der Waals surface area contributed by atoms with Crippen LogP contribution in [0.5, 0.6) is 0 Å². The first kappa shape index (κ1) is 11.9. The summed E-state index contributed by atoms with van der Waals surface area (Å²) in [5, 5.41) is 3.29. The fourth-order valence-corrected chi connectivity index (χ4v) is 2.15. The molecule has 1 rings (SSSR count). The molecule has 0 radical (unpaired) electrons.